The van der Waals surface area contributed by atoms with E-state index in [4.69, 9.17) is 0 Å². The number of nitrogens with one attached hydrogen (secondary N) is 1. The minimum absolute atomic E-state index is 0.00193. The second-order valence-electron chi connectivity index (χ2n) is 4.32. The first kappa shape index (κ1) is 15.0. The Morgan fingerprint density at radius 2 is 1.79 bits per heavy atom. The molecule has 0 aromatic heterocycles. The summed E-state index contributed by atoms with van der Waals surface area (Å²) in [7, 11) is 0. The molecule has 1 N–H and O–H groups in total. The first-order valence-corrected chi connectivity index (χ1v) is 6.46. The Hall–Kier alpha value is -2.09. The topological polar surface area (TPSA) is 29.1 Å². The number of rotatable bonds is 5. The van der Waals surface area contributed by atoms with Crippen LogP contribution in [0.25, 0.3) is 0 Å². The van der Waals surface area contributed by atoms with Crippen LogP contribution in [-0.4, -0.2) is 5.91 Å². The number of carbonyl (C=O) groups is 1. The molecule has 0 bridgehead atoms. The third-order valence-electron chi connectivity index (χ3n) is 2.78. The van der Waals surface area contributed by atoms with Gasteiger partial charge in [0.2, 0.25) is 5.91 Å². The number of benzene rings is 1. The van der Waals surface area contributed by atoms with Crippen molar-refractivity contribution in [2.75, 3.05) is 0 Å². The molecule has 0 heterocycles. The van der Waals surface area contributed by atoms with Crippen molar-refractivity contribution in [3.8, 4) is 0 Å². The summed E-state index contributed by atoms with van der Waals surface area (Å²) < 4.78 is 0. The summed E-state index contributed by atoms with van der Waals surface area (Å²) in [4.78, 5) is 11.9. The van der Waals surface area contributed by atoms with Gasteiger partial charge in [0.1, 0.15) is 0 Å². The number of hydrogen-bond donors (Lipinski definition) is 1. The van der Waals surface area contributed by atoms with Crippen molar-refractivity contribution >= 4 is 5.91 Å². The molecule has 0 aliphatic carbocycles. The van der Waals surface area contributed by atoms with E-state index in [1.807, 2.05) is 75.4 Å². The van der Waals surface area contributed by atoms with Crippen molar-refractivity contribution in [3.05, 3.63) is 71.5 Å². The molecule has 0 saturated heterocycles. The van der Waals surface area contributed by atoms with Crippen LogP contribution in [-0.2, 0) is 11.2 Å². The standard InChI is InChI=1S/C17H21NO/c1-4-14(3)11-12-16(5-2)18-17(19)13-15-9-7-6-8-10-15/h4-12H,13H2,1-3H3,(H,18,19)/b12-11-,14-4-,16-5+. The van der Waals surface area contributed by atoms with Crippen LogP contribution in [0.2, 0.25) is 0 Å². The molecule has 1 aromatic rings. The lowest BCUT2D eigenvalue weighted by Gasteiger charge is -2.06. The van der Waals surface area contributed by atoms with Gasteiger partial charge in [0.15, 0.2) is 0 Å². The maximum atomic E-state index is 11.9. The predicted molar refractivity (Wildman–Crippen MR) is 80.6 cm³/mol. The zero-order chi connectivity index (χ0) is 14.1. The minimum atomic E-state index is 0.00193. The van der Waals surface area contributed by atoms with Gasteiger partial charge in [-0.05, 0) is 32.4 Å². The van der Waals surface area contributed by atoms with Crippen LogP contribution in [0.1, 0.15) is 26.3 Å². The Kier molecular flexibility index (Phi) is 6.37. The van der Waals surface area contributed by atoms with E-state index in [1.54, 1.807) is 0 Å². The molecule has 0 radical (unpaired) electrons. The first-order valence-electron chi connectivity index (χ1n) is 6.46. The summed E-state index contributed by atoms with van der Waals surface area (Å²) in [6.45, 7) is 5.92. The van der Waals surface area contributed by atoms with E-state index in [0.717, 1.165) is 16.8 Å². The van der Waals surface area contributed by atoms with Gasteiger partial charge in [-0.15, -0.1) is 0 Å². The zero-order valence-electron chi connectivity index (χ0n) is 11.8. The molecule has 1 rings (SSSR count). The van der Waals surface area contributed by atoms with Crippen LogP contribution >= 0.6 is 0 Å². The van der Waals surface area contributed by atoms with Crippen LogP contribution in [0, 0.1) is 0 Å². The van der Waals surface area contributed by atoms with E-state index in [2.05, 4.69) is 5.32 Å². The van der Waals surface area contributed by atoms with E-state index in [0.29, 0.717) is 6.42 Å². The lowest BCUT2D eigenvalue weighted by Crippen LogP contribution is -2.23. The van der Waals surface area contributed by atoms with E-state index in [9.17, 15) is 4.79 Å². The Labute approximate surface area is 115 Å². The second kappa shape index (κ2) is 8.09. The fourth-order valence-corrected chi connectivity index (χ4v) is 1.51. The molecule has 19 heavy (non-hydrogen) atoms. The molecule has 2 heteroatoms. The summed E-state index contributed by atoms with van der Waals surface area (Å²) in [5.41, 5.74) is 3.00. The van der Waals surface area contributed by atoms with Gasteiger partial charge in [-0.25, -0.2) is 0 Å². The highest BCUT2D eigenvalue weighted by molar-refractivity contribution is 5.80. The molecule has 0 spiro atoms. The van der Waals surface area contributed by atoms with Crippen molar-refractivity contribution in [2.24, 2.45) is 0 Å². The van der Waals surface area contributed by atoms with Crippen LogP contribution in [0.5, 0.6) is 0 Å². The van der Waals surface area contributed by atoms with E-state index < -0.39 is 0 Å². The Morgan fingerprint density at radius 3 is 2.37 bits per heavy atom. The molecule has 0 aliphatic rings. The summed E-state index contributed by atoms with van der Waals surface area (Å²) in [6.07, 6.45) is 8.21. The highest BCUT2D eigenvalue weighted by Crippen LogP contribution is 2.02. The van der Waals surface area contributed by atoms with Gasteiger partial charge in [-0.3, -0.25) is 4.79 Å². The van der Waals surface area contributed by atoms with Crippen molar-refractivity contribution in [1.82, 2.24) is 5.32 Å². The summed E-state index contributed by atoms with van der Waals surface area (Å²) in [5, 5.41) is 2.90. The minimum Gasteiger partial charge on any atom is -0.326 e. The van der Waals surface area contributed by atoms with Gasteiger partial charge in [0.25, 0.3) is 0 Å². The quantitative estimate of drug-likeness (QED) is 0.797. The fraction of sp³-hybridized carbons (Fsp3) is 0.235. The molecule has 0 saturated carbocycles. The molecular formula is C17H21NO. The van der Waals surface area contributed by atoms with Gasteiger partial charge in [0.05, 0.1) is 6.42 Å². The highest BCUT2D eigenvalue weighted by Gasteiger charge is 2.03. The zero-order valence-corrected chi connectivity index (χ0v) is 11.8. The average Bonchev–Trinajstić information content (AvgIpc) is 2.44. The molecular weight excluding hydrogens is 234 g/mol. The van der Waals surface area contributed by atoms with Crippen molar-refractivity contribution in [3.63, 3.8) is 0 Å². The molecule has 0 atom stereocenters. The lowest BCUT2D eigenvalue weighted by atomic mass is 10.1. The third-order valence-corrected chi connectivity index (χ3v) is 2.78. The molecule has 0 unspecified atom stereocenters. The lowest BCUT2D eigenvalue weighted by molar-refractivity contribution is -0.119. The largest absolute Gasteiger partial charge is 0.326 e. The molecule has 2 nitrogen and oxygen atoms in total. The van der Waals surface area contributed by atoms with Crippen LogP contribution < -0.4 is 5.32 Å². The SMILES string of the molecule is C\C=C(C)/C=C\C(=C/C)NC(=O)Cc1ccccc1. The molecule has 1 amide bonds. The van der Waals surface area contributed by atoms with E-state index in [1.165, 1.54) is 0 Å². The number of allylic oxidation sites excluding steroid dienone is 5. The molecule has 0 aliphatic heterocycles. The Morgan fingerprint density at radius 1 is 1.11 bits per heavy atom. The Balaban J connectivity index is 2.58. The maximum absolute atomic E-state index is 11.9. The van der Waals surface area contributed by atoms with Gasteiger partial charge >= 0.3 is 0 Å². The van der Waals surface area contributed by atoms with Crippen molar-refractivity contribution in [1.29, 1.82) is 0 Å². The summed E-state index contributed by atoms with van der Waals surface area (Å²) in [5.74, 6) is 0.00193. The van der Waals surface area contributed by atoms with Gasteiger partial charge in [-0.1, -0.05) is 54.1 Å². The third kappa shape index (κ3) is 5.87. The normalized spacial score (nSPS) is 12.8. The Bertz CT molecular complexity index is 495. The fourth-order valence-electron chi connectivity index (χ4n) is 1.51. The first-order chi connectivity index (χ1) is 9.15. The van der Waals surface area contributed by atoms with Gasteiger partial charge in [-0.2, -0.15) is 0 Å². The van der Waals surface area contributed by atoms with Crippen LogP contribution in [0.4, 0.5) is 0 Å². The van der Waals surface area contributed by atoms with Gasteiger partial charge < -0.3 is 5.32 Å². The summed E-state index contributed by atoms with van der Waals surface area (Å²) in [6, 6.07) is 9.73. The van der Waals surface area contributed by atoms with Crippen molar-refractivity contribution < 1.29 is 4.79 Å². The highest BCUT2D eigenvalue weighted by atomic mass is 16.1. The smallest absolute Gasteiger partial charge is 0.228 e. The predicted octanol–water partition coefficient (Wildman–Crippen LogP) is 3.77. The molecule has 1 aromatic carbocycles. The number of amides is 1. The van der Waals surface area contributed by atoms with E-state index >= 15 is 0 Å². The number of hydrogen-bond acceptors (Lipinski definition) is 1. The molecule has 100 valence electrons. The number of carbonyl (C=O) groups excluding carboxylic acids is 1. The van der Waals surface area contributed by atoms with Crippen LogP contribution in [0.15, 0.2) is 65.9 Å². The van der Waals surface area contributed by atoms with Crippen molar-refractivity contribution in [2.45, 2.75) is 27.2 Å². The second-order valence-corrected chi connectivity index (χ2v) is 4.32. The van der Waals surface area contributed by atoms with Gasteiger partial charge in [0, 0.05) is 5.70 Å². The molecule has 0 fully saturated rings. The summed E-state index contributed by atoms with van der Waals surface area (Å²) >= 11 is 0. The van der Waals surface area contributed by atoms with Crippen LogP contribution in [0.3, 0.4) is 0 Å². The van der Waals surface area contributed by atoms with E-state index in [-0.39, 0.29) is 5.91 Å². The maximum Gasteiger partial charge on any atom is 0.228 e. The monoisotopic (exact) mass is 255 g/mol. The average molecular weight is 255 g/mol.